The zero-order valence-electron chi connectivity index (χ0n) is 13.6. The highest BCUT2D eigenvalue weighted by Crippen LogP contribution is 2.27. The Hall–Kier alpha value is -0.170. The Balaban J connectivity index is 2.03. The van der Waals surface area contributed by atoms with Crippen LogP contribution in [0.4, 0.5) is 0 Å². The van der Waals surface area contributed by atoms with Gasteiger partial charge in [-0.15, -0.1) is 0 Å². The molecular formula is C15H31N3O2S. The van der Waals surface area contributed by atoms with E-state index in [1.807, 2.05) is 0 Å². The van der Waals surface area contributed by atoms with Crippen LogP contribution in [0, 0.1) is 5.92 Å². The van der Waals surface area contributed by atoms with E-state index in [0.717, 1.165) is 51.6 Å². The topological polar surface area (TPSA) is 52.7 Å². The average Bonchev–Trinajstić information content (AvgIpc) is 2.53. The van der Waals surface area contributed by atoms with E-state index >= 15 is 0 Å². The Labute approximate surface area is 130 Å². The third-order valence-corrected chi connectivity index (χ3v) is 6.89. The van der Waals surface area contributed by atoms with Gasteiger partial charge < -0.3 is 5.32 Å². The molecule has 5 nitrogen and oxygen atoms in total. The van der Waals surface area contributed by atoms with Crippen LogP contribution >= 0.6 is 0 Å². The van der Waals surface area contributed by atoms with Gasteiger partial charge in [0.25, 0.3) is 10.2 Å². The highest BCUT2D eigenvalue weighted by Gasteiger charge is 2.37. The fourth-order valence-corrected chi connectivity index (χ4v) is 5.63. The summed E-state index contributed by atoms with van der Waals surface area (Å²) in [4.78, 5) is 0. The molecule has 0 spiro atoms. The van der Waals surface area contributed by atoms with Crippen LogP contribution in [0.3, 0.4) is 0 Å². The van der Waals surface area contributed by atoms with Crippen LogP contribution in [0.5, 0.6) is 0 Å². The summed E-state index contributed by atoms with van der Waals surface area (Å²) in [5, 5.41) is 3.35. The van der Waals surface area contributed by atoms with Gasteiger partial charge in [0, 0.05) is 25.7 Å². The fraction of sp³-hybridized carbons (Fsp3) is 1.00. The quantitative estimate of drug-likeness (QED) is 0.813. The van der Waals surface area contributed by atoms with Gasteiger partial charge in [0.15, 0.2) is 0 Å². The van der Waals surface area contributed by atoms with E-state index in [1.165, 1.54) is 0 Å². The van der Waals surface area contributed by atoms with E-state index < -0.39 is 10.2 Å². The smallest absolute Gasteiger partial charge is 0.282 e. The Morgan fingerprint density at radius 1 is 1.10 bits per heavy atom. The molecule has 0 aliphatic carbocycles. The molecule has 1 N–H and O–H groups in total. The summed E-state index contributed by atoms with van der Waals surface area (Å²) < 4.78 is 29.4. The van der Waals surface area contributed by atoms with E-state index in [0.29, 0.717) is 25.6 Å². The molecule has 6 heteroatoms. The summed E-state index contributed by atoms with van der Waals surface area (Å²) in [6, 6.07) is 0.206. The molecule has 0 bridgehead atoms. The maximum atomic E-state index is 13.0. The van der Waals surface area contributed by atoms with E-state index in [-0.39, 0.29) is 6.04 Å². The normalized spacial score (nSPS) is 29.6. The Kier molecular flexibility index (Phi) is 6.47. The van der Waals surface area contributed by atoms with Gasteiger partial charge >= 0.3 is 0 Å². The second-order valence-electron chi connectivity index (χ2n) is 6.35. The number of nitrogens with zero attached hydrogens (tertiary/aromatic N) is 2. The minimum absolute atomic E-state index is 0.206. The summed E-state index contributed by atoms with van der Waals surface area (Å²) >= 11 is 0. The monoisotopic (exact) mass is 317 g/mol. The zero-order chi connectivity index (χ0) is 15.3. The maximum Gasteiger partial charge on any atom is 0.282 e. The minimum Gasteiger partial charge on any atom is -0.317 e. The van der Waals surface area contributed by atoms with Crippen molar-refractivity contribution in [2.45, 2.75) is 58.4 Å². The van der Waals surface area contributed by atoms with Crippen molar-refractivity contribution in [3.05, 3.63) is 0 Å². The molecule has 0 aromatic carbocycles. The van der Waals surface area contributed by atoms with Crippen molar-refractivity contribution >= 4 is 10.2 Å². The lowest BCUT2D eigenvalue weighted by molar-refractivity contribution is 0.202. The molecule has 124 valence electrons. The lowest BCUT2D eigenvalue weighted by Crippen LogP contribution is -2.53. The Bertz CT molecular complexity index is 413. The Morgan fingerprint density at radius 2 is 1.90 bits per heavy atom. The SMILES string of the molecule is CCNCC1CCCN(S(=O)(=O)N2CCCCC2CC)C1. The third kappa shape index (κ3) is 4.18. The largest absolute Gasteiger partial charge is 0.317 e. The van der Waals surface area contributed by atoms with Gasteiger partial charge in [-0.25, -0.2) is 0 Å². The van der Waals surface area contributed by atoms with Gasteiger partial charge in [-0.05, 0) is 51.1 Å². The van der Waals surface area contributed by atoms with Crippen molar-refractivity contribution in [2.75, 3.05) is 32.7 Å². The first-order valence-corrected chi connectivity index (χ1v) is 9.96. The summed E-state index contributed by atoms with van der Waals surface area (Å²) in [5.41, 5.74) is 0. The van der Waals surface area contributed by atoms with Crippen molar-refractivity contribution in [1.82, 2.24) is 13.9 Å². The molecule has 0 radical (unpaired) electrons. The molecule has 0 saturated carbocycles. The predicted octanol–water partition coefficient (Wildman–Crippen LogP) is 1.82. The lowest BCUT2D eigenvalue weighted by atomic mass is 10.00. The van der Waals surface area contributed by atoms with Gasteiger partial charge in [-0.1, -0.05) is 20.3 Å². The molecule has 2 saturated heterocycles. The summed E-state index contributed by atoms with van der Waals surface area (Å²) in [7, 11) is -3.27. The van der Waals surface area contributed by atoms with Crippen molar-refractivity contribution in [3.8, 4) is 0 Å². The van der Waals surface area contributed by atoms with Crippen molar-refractivity contribution < 1.29 is 8.42 Å². The minimum atomic E-state index is -3.27. The van der Waals surface area contributed by atoms with Crippen LogP contribution in [0.2, 0.25) is 0 Å². The molecule has 2 unspecified atom stereocenters. The molecule has 2 fully saturated rings. The fourth-order valence-electron chi connectivity index (χ4n) is 3.59. The number of nitrogens with one attached hydrogen (secondary N) is 1. The maximum absolute atomic E-state index is 13.0. The average molecular weight is 317 g/mol. The highest BCUT2D eigenvalue weighted by atomic mass is 32.2. The number of hydrogen-bond donors (Lipinski definition) is 1. The summed E-state index contributed by atoms with van der Waals surface area (Å²) in [5.74, 6) is 0.457. The van der Waals surface area contributed by atoms with Crippen molar-refractivity contribution in [1.29, 1.82) is 0 Å². The van der Waals surface area contributed by atoms with Crippen molar-refractivity contribution in [3.63, 3.8) is 0 Å². The van der Waals surface area contributed by atoms with Crippen LogP contribution in [-0.4, -0.2) is 55.8 Å². The number of rotatable bonds is 6. The predicted molar refractivity (Wildman–Crippen MR) is 86.4 cm³/mol. The van der Waals surface area contributed by atoms with Gasteiger partial charge in [0.1, 0.15) is 0 Å². The highest BCUT2D eigenvalue weighted by molar-refractivity contribution is 7.86. The Morgan fingerprint density at radius 3 is 2.62 bits per heavy atom. The molecule has 2 heterocycles. The van der Waals surface area contributed by atoms with Crippen LogP contribution in [0.15, 0.2) is 0 Å². The standard InChI is InChI=1S/C15H31N3O2S/c1-3-15-9-5-6-11-18(15)21(19,20)17-10-7-8-14(13-17)12-16-4-2/h14-16H,3-13H2,1-2H3. The molecule has 2 rings (SSSR count). The zero-order valence-corrected chi connectivity index (χ0v) is 14.4. The van der Waals surface area contributed by atoms with Crippen LogP contribution in [-0.2, 0) is 10.2 Å². The summed E-state index contributed by atoms with van der Waals surface area (Å²) in [6.07, 6.45) is 6.23. The van der Waals surface area contributed by atoms with E-state index in [2.05, 4.69) is 19.2 Å². The van der Waals surface area contributed by atoms with E-state index in [1.54, 1.807) is 8.61 Å². The summed E-state index contributed by atoms with van der Waals surface area (Å²) in [6.45, 7) is 8.15. The molecule has 0 aromatic heterocycles. The second-order valence-corrected chi connectivity index (χ2v) is 8.23. The number of piperidine rings is 2. The van der Waals surface area contributed by atoms with E-state index in [9.17, 15) is 8.42 Å². The molecule has 0 amide bonds. The first-order valence-electron chi connectivity index (χ1n) is 8.57. The molecule has 2 atom stereocenters. The van der Waals surface area contributed by atoms with Gasteiger partial charge in [0.2, 0.25) is 0 Å². The van der Waals surface area contributed by atoms with Crippen LogP contribution in [0.1, 0.15) is 52.4 Å². The van der Waals surface area contributed by atoms with Crippen molar-refractivity contribution in [2.24, 2.45) is 5.92 Å². The van der Waals surface area contributed by atoms with Gasteiger partial charge in [0.05, 0.1) is 0 Å². The molecule has 2 aliphatic heterocycles. The van der Waals surface area contributed by atoms with Crippen LogP contribution in [0.25, 0.3) is 0 Å². The molecule has 0 aromatic rings. The molecular weight excluding hydrogens is 286 g/mol. The van der Waals surface area contributed by atoms with E-state index in [4.69, 9.17) is 0 Å². The first-order chi connectivity index (χ1) is 10.1. The second kappa shape index (κ2) is 7.90. The van der Waals surface area contributed by atoms with Crippen LogP contribution < -0.4 is 5.32 Å². The van der Waals surface area contributed by atoms with Gasteiger partial charge in [-0.3, -0.25) is 0 Å². The lowest BCUT2D eigenvalue weighted by Gasteiger charge is -2.40. The number of hydrogen-bond acceptors (Lipinski definition) is 3. The first kappa shape index (κ1) is 17.2. The molecule has 21 heavy (non-hydrogen) atoms. The third-order valence-electron chi connectivity index (χ3n) is 4.83. The van der Waals surface area contributed by atoms with Gasteiger partial charge in [-0.2, -0.15) is 17.0 Å². The molecule has 2 aliphatic rings.